The molecule has 0 radical (unpaired) electrons. The molecule has 1 saturated heterocycles. The van der Waals surface area contributed by atoms with Crippen LogP contribution >= 0.6 is 11.6 Å². The summed E-state index contributed by atoms with van der Waals surface area (Å²) in [5, 5.41) is 2.60. The summed E-state index contributed by atoms with van der Waals surface area (Å²) in [6.45, 7) is 0.946. The molecule has 0 unspecified atom stereocenters. The highest BCUT2D eigenvalue weighted by Gasteiger charge is 2.26. The van der Waals surface area contributed by atoms with Gasteiger partial charge in [-0.3, -0.25) is 4.79 Å². The molecule has 0 bridgehead atoms. The van der Waals surface area contributed by atoms with Crippen molar-refractivity contribution in [3.63, 3.8) is 0 Å². The minimum absolute atomic E-state index is 0.00179. The summed E-state index contributed by atoms with van der Waals surface area (Å²) in [4.78, 5) is 12.7. The predicted molar refractivity (Wildman–Crippen MR) is 103 cm³/mol. The van der Waals surface area contributed by atoms with E-state index in [0.717, 1.165) is 6.07 Å². The maximum Gasteiger partial charge on any atom is 0.259 e. The second-order valence-corrected chi connectivity index (χ2v) is 8.92. The van der Waals surface area contributed by atoms with Crippen LogP contribution in [0, 0.1) is 11.7 Å². The van der Waals surface area contributed by atoms with Crippen LogP contribution < -0.4 is 10.1 Å². The number of hydrogen-bond donors (Lipinski definition) is 1. The summed E-state index contributed by atoms with van der Waals surface area (Å²) in [6, 6.07) is 7.87. The molecule has 3 rings (SSSR count). The molecule has 9 heteroatoms. The van der Waals surface area contributed by atoms with Crippen LogP contribution in [0.3, 0.4) is 0 Å². The number of anilines is 1. The molecule has 0 aromatic heterocycles. The van der Waals surface area contributed by atoms with Crippen LogP contribution in [0.2, 0.25) is 5.02 Å². The number of hydrogen-bond acceptors (Lipinski definition) is 5. The molecule has 2 aromatic rings. The lowest BCUT2D eigenvalue weighted by Gasteiger charge is -2.13. The van der Waals surface area contributed by atoms with E-state index in [2.05, 4.69) is 5.32 Å². The van der Waals surface area contributed by atoms with Gasteiger partial charge in [-0.05, 0) is 48.7 Å². The minimum atomic E-state index is -3.62. The third kappa shape index (κ3) is 4.63. The standard InChI is InChI=1S/C19H19ClFNO5S/c1-26-18-5-3-14(28(24,25)11-12-6-7-27-10-12)9-15(18)19(23)22-17-4-2-13(20)8-16(17)21/h2-5,8-9,12H,6-7,10-11H2,1H3,(H,22,23)/t12-/m0/s1. The van der Waals surface area contributed by atoms with E-state index in [1.54, 1.807) is 0 Å². The van der Waals surface area contributed by atoms with Crippen LogP contribution in [-0.4, -0.2) is 40.4 Å². The topological polar surface area (TPSA) is 81.7 Å². The second kappa shape index (κ2) is 8.46. The Hall–Kier alpha value is -2.16. The van der Waals surface area contributed by atoms with Crippen molar-refractivity contribution in [1.29, 1.82) is 0 Å². The summed E-state index contributed by atoms with van der Waals surface area (Å²) < 4.78 is 49.8. The number of sulfone groups is 1. The number of halogens is 2. The number of ether oxygens (including phenoxy) is 2. The zero-order valence-corrected chi connectivity index (χ0v) is 16.6. The molecular weight excluding hydrogens is 409 g/mol. The Morgan fingerprint density at radius 2 is 2.11 bits per heavy atom. The van der Waals surface area contributed by atoms with Crippen molar-refractivity contribution < 1.29 is 27.1 Å². The lowest BCUT2D eigenvalue weighted by Crippen LogP contribution is -2.18. The smallest absolute Gasteiger partial charge is 0.259 e. The number of methoxy groups -OCH3 is 1. The van der Waals surface area contributed by atoms with Crippen LogP contribution in [0.5, 0.6) is 5.75 Å². The number of rotatable bonds is 6. The fourth-order valence-electron chi connectivity index (χ4n) is 2.96. The predicted octanol–water partition coefficient (Wildman–Crippen LogP) is 3.55. The van der Waals surface area contributed by atoms with Crippen LogP contribution in [0.1, 0.15) is 16.8 Å². The van der Waals surface area contributed by atoms with E-state index in [0.29, 0.717) is 19.6 Å². The van der Waals surface area contributed by atoms with Crippen LogP contribution in [-0.2, 0) is 14.6 Å². The highest BCUT2D eigenvalue weighted by molar-refractivity contribution is 7.91. The van der Waals surface area contributed by atoms with E-state index in [1.165, 1.54) is 37.4 Å². The fourth-order valence-corrected chi connectivity index (χ4v) is 4.77. The first-order valence-electron chi connectivity index (χ1n) is 8.55. The Kier molecular flexibility index (Phi) is 6.22. The van der Waals surface area contributed by atoms with Crippen molar-refractivity contribution in [1.82, 2.24) is 0 Å². The van der Waals surface area contributed by atoms with Gasteiger partial charge in [0.25, 0.3) is 5.91 Å². The van der Waals surface area contributed by atoms with Crippen molar-refractivity contribution in [3.8, 4) is 5.75 Å². The van der Waals surface area contributed by atoms with Gasteiger partial charge in [0.15, 0.2) is 9.84 Å². The van der Waals surface area contributed by atoms with Gasteiger partial charge in [-0.25, -0.2) is 12.8 Å². The molecule has 1 N–H and O–H groups in total. The number of benzene rings is 2. The van der Waals surface area contributed by atoms with Gasteiger partial charge in [0, 0.05) is 11.6 Å². The normalized spacial score (nSPS) is 16.8. The first-order valence-corrected chi connectivity index (χ1v) is 10.6. The highest BCUT2D eigenvalue weighted by Crippen LogP contribution is 2.27. The monoisotopic (exact) mass is 427 g/mol. The summed E-state index contributed by atoms with van der Waals surface area (Å²) in [5.74, 6) is -1.36. The van der Waals surface area contributed by atoms with E-state index in [-0.39, 0.29) is 38.6 Å². The number of carbonyl (C=O) groups is 1. The second-order valence-electron chi connectivity index (χ2n) is 6.45. The largest absolute Gasteiger partial charge is 0.496 e. The van der Waals surface area contributed by atoms with Crippen molar-refractivity contribution in [3.05, 3.63) is 52.8 Å². The number of carbonyl (C=O) groups excluding carboxylic acids is 1. The molecule has 1 heterocycles. The van der Waals surface area contributed by atoms with E-state index in [4.69, 9.17) is 21.1 Å². The van der Waals surface area contributed by atoms with Gasteiger partial charge in [-0.2, -0.15) is 0 Å². The van der Waals surface area contributed by atoms with Gasteiger partial charge in [-0.1, -0.05) is 11.6 Å². The Labute approximate surface area is 167 Å². The molecule has 0 spiro atoms. The highest BCUT2D eigenvalue weighted by atomic mass is 35.5. The van der Waals surface area contributed by atoms with Gasteiger partial charge >= 0.3 is 0 Å². The molecule has 6 nitrogen and oxygen atoms in total. The van der Waals surface area contributed by atoms with Crippen molar-refractivity contribution >= 4 is 33.0 Å². The van der Waals surface area contributed by atoms with Gasteiger partial charge in [0.2, 0.25) is 0 Å². The van der Waals surface area contributed by atoms with Gasteiger partial charge in [0.1, 0.15) is 11.6 Å². The molecule has 1 aliphatic heterocycles. The van der Waals surface area contributed by atoms with Crippen LogP contribution in [0.15, 0.2) is 41.3 Å². The fraction of sp³-hybridized carbons (Fsp3) is 0.316. The lowest BCUT2D eigenvalue weighted by atomic mass is 10.1. The molecule has 0 saturated carbocycles. The van der Waals surface area contributed by atoms with Crippen molar-refractivity contribution in [2.75, 3.05) is 31.4 Å². The molecular formula is C19H19ClFNO5S. The Bertz CT molecular complexity index is 990. The summed E-state index contributed by atoms with van der Waals surface area (Å²) >= 11 is 5.71. The molecule has 2 aromatic carbocycles. The van der Waals surface area contributed by atoms with E-state index >= 15 is 0 Å². The Balaban J connectivity index is 1.88. The maximum absolute atomic E-state index is 14.0. The van der Waals surface area contributed by atoms with Crippen LogP contribution in [0.4, 0.5) is 10.1 Å². The van der Waals surface area contributed by atoms with E-state index < -0.39 is 21.6 Å². The molecule has 1 atom stereocenters. The zero-order chi connectivity index (χ0) is 20.3. The van der Waals surface area contributed by atoms with Crippen LogP contribution in [0.25, 0.3) is 0 Å². The van der Waals surface area contributed by atoms with E-state index in [9.17, 15) is 17.6 Å². The summed E-state index contributed by atoms with van der Waals surface area (Å²) in [6.07, 6.45) is 0.679. The number of nitrogens with one attached hydrogen (secondary N) is 1. The molecule has 150 valence electrons. The lowest BCUT2D eigenvalue weighted by molar-refractivity contribution is 0.102. The SMILES string of the molecule is COc1ccc(S(=O)(=O)C[C@H]2CCOC2)cc1C(=O)Nc1ccc(Cl)cc1F. The van der Waals surface area contributed by atoms with Crippen molar-refractivity contribution in [2.45, 2.75) is 11.3 Å². The van der Waals surface area contributed by atoms with Gasteiger partial charge < -0.3 is 14.8 Å². The molecule has 0 aliphatic carbocycles. The summed E-state index contributed by atoms with van der Waals surface area (Å²) in [5.41, 5.74) is -0.0894. The Morgan fingerprint density at radius 3 is 2.75 bits per heavy atom. The van der Waals surface area contributed by atoms with Crippen molar-refractivity contribution in [2.24, 2.45) is 5.92 Å². The average molecular weight is 428 g/mol. The van der Waals surface area contributed by atoms with Gasteiger partial charge in [-0.15, -0.1) is 0 Å². The summed E-state index contributed by atoms with van der Waals surface area (Å²) in [7, 11) is -2.26. The minimum Gasteiger partial charge on any atom is -0.496 e. The maximum atomic E-state index is 14.0. The zero-order valence-electron chi connectivity index (χ0n) is 15.1. The van der Waals surface area contributed by atoms with Gasteiger partial charge in [0.05, 0.1) is 35.6 Å². The molecule has 28 heavy (non-hydrogen) atoms. The average Bonchev–Trinajstić information content (AvgIpc) is 3.15. The molecule has 1 fully saturated rings. The first kappa shape index (κ1) is 20.6. The van der Waals surface area contributed by atoms with E-state index in [1.807, 2.05) is 0 Å². The molecule has 1 amide bonds. The quantitative estimate of drug-likeness (QED) is 0.762. The number of amides is 1. The third-order valence-electron chi connectivity index (χ3n) is 4.43. The first-order chi connectivity index (χ1) is 13.3. The third-order valence-corrected chi connectivity index (χ3v) is 6.55. The molecule has 1 aliphatic rings. The Morgan fingerprint density at radius 1 is 1.32 bits per heavy atom.